The van der Waals surface area contributed by atoms with E-state index in [1.165, 1.54) is 16.0 Å². The molecular weight excluding hydrogens is 252 g/mol. The molecule has 2 nitrogen and oxygen atoms in total. The number of anilines is 1. The highest BCUT2D eigenvalue weighted by atomic mass is 32.1. The lowest BCUT2D eigenvalue weighted by Gasteiger charge is -2.07. The maximum absolute atomic E-state index is 4.30. The van der Waals surface area contributed by atoms with E-state index >= 15 is 0 Å². The smallest absolute Gasteiger partial charge is 0.182 e. The molecule has 3 heteroatoms. The molecule has 0 amide bonds. The minimum atomic E-state index is 0.723. The molecule has 0 saturated heterocycles. The van der Waals surface area contributed by atoms with Crippen LogP contribution in [0.25, 0.3) is 0 Å². The fourth-order valence-electron chi connectivity index (χ4n) is 2.06. The molecule has 102 valence electrons. The second-order valence-electron chi connectivity index (χ2n) is 5.37. The maximum atomic E-state index is 4.30. The zero-order chi connectivity index (χ0) is 13.7. The molecule has 0 fully saturated rings. The fourth-order valence-corrected chi connectivity index (χ4v) is 2.75. The Hall–Kier alpha value is -1.35. The number of hydrogen-bond donors (Lipinski definition) is 1. The van der Waals surface area contributed by atoms with Gasteiger partial charge in [0, 0.05) is 17.6 Å². The Labute approximate surface area is 119 Å². The van der Waals surface area contributed by atoms with Crippen LogP contribution >= 0.6 is 11.3 Å². The van der Waals surface area contributed by atoms with E-state index in [9.17, 15) is 0 Å². The van der Waals surface area contributed by atoms with Crippen LogP contribution in [0.3, 0.4) is 0 Å². The van der Waals surface area contributed by atoms with E-state index in [4.69, 9.17) is 0 Å². The summed E-state index contributed by atoms with van der Waals surface area (Å²) in [6, 6.07) is 8.99. The first-order valence-electron chi connectivity index (χ1n) is 6.87. The molecule has 0 aliphatic rings. The highest BCUT2D eigenvalue weighted by Crippen LogP contribution is 2.16. The van der Waals surface area contributed by atoms with Crippen LogP contribution in [0, 0.1) is 12.8 Å². The van der Waals surface area contributed by atoms with Gasteiger partial charge in [-0.05, 0) is 36.8 Å². The largest absolute Gasteiger partial charge is 0.361 e. The van der Waals surface area contributed by atoms with Crippen molar-refractivity contribution in [2.24, 2.45) is 5.92 Å². The summed E-state index contributed by atoms with van der Waals surface area (Å²) in [6.07, 6.45) is 4.12. The Morgan fingerprint density at radius 3 is 2.42 bits per heavy atom. The zero-order valence-electron chi connectivity index (χ0n) is 11.9. The predicted octanol–water partition coefficient (Wildman–Crippen LogP) is 4.30. The number of benzene rings is 1. The van der Waals surface area contributed by atoms with Crippen LogP contribution in [0.15, 0.2) is 30.5 Å². The molecule has 1 aromatic carbocycles. The molecule has 1 heterocycles. The van der Waals surface area contributed by atoms with Crippen molar-refractivity contribution in [3.8, 4) is 0 Å². The molecule has 0 radical (unpaired) electrons. The highest BCUT2D eigenvalue weighted by Gasteiger charge is 2.00. The van der Waals surface area contributed by atoms with Gasteiger partial charge in [0.05, 0.1) is 0 Å². The number of thiazole rings is 1. The van der Waals surface area contributed by atoms with Crippen molar-refractivity contribution in [2.75, 3.05) is 11.9 Å². The second kappa shape index (κ2) is 6.71. The molecule has 2 aromatic rings. The van der Waals surface area contributed by atoms with Gasteiger partial charge >= 0.3 is 0 Å². The summed E-state index contributed by atoms with van der Waals surface area (Å²) in [4.78, 5) is 5.55. The Bertz CT molecular complexity index is 500. The van der Waals surface area contributed by atoms with Crippen molar-refractivity contribution in [2.45, 2.75) is 33.6 Å². The number of nitrogens with one attached hydrogen (secondary N) is 1. The summed E-state index contributed by atoms with van der Waals surface area (Å²) in [5, 5.41) is 4.39. The number of hydrogen-bond acceptors (Lipinski definition) is 3. The zero-order valence-corrected chi connectivity index (χ0v) is 12.8. The molecule has 0 atom stereocenters. The number of aromatic nitrogens is 1. The van der Waals surface area contributed by atoms with Gasteiger partial charge in [-0.2, -0.15) is 0 Å². The first kappa shape index (κ1) is 14.1. The third-order valence-electron chi connectivity index (χ3n) is 2.98. The van der Waals surface area contributed by atoms with Crippen LogP contribution in [-0.4, -0.2) is 11.5 Å². The molecule has 0 aliphatic carbocycles. The average Bonchev–Trinajstić information content (AvgIpc) is 2.77. The van der Waals surface area contributed by atoms with Gasteiger partial charge < -0.3 is 5.32 Å². The molecule has 0 bridgehead atoms. The van der Waals surface area contributed by atoms with Crippen LogP contribution in [0.4, 0.5) is 5.13 Å². The van der Waals surface area contributed by atoms with E-state index in [-0.39, 0.29) is 0 Å². The third kappa shape index (κ3) is 4.67. The summed E-state index contributed by atoms with van der Waals surface area (Å²) in [7, 11) is 0. The van der Waals surface area contributed by atoms with Gasteiger partial charge in [-0.3, -0.25) is 0 Å². The van der Waals surface area contributed by atoms with Gasteiger partial charge in [0.1, 0.15) is 0 Å². The monoisotopic (exact) mass is 274 g/mol. The van der Waals surface area contributed by atoms with E-state index in [0.717, 1.165) is 30.4 Å². The number of nitrogens with zero attached hydrogens (tertiary/aromatic N) is 1. The van der Waals surface area contributed by atoms with Crippen molar-refractivity contribution < 1.29 is 0 Å². The SMILES string of the molecule is Cc1cnc(NCCc2ccc(CC(C)C)cc2)s1. The van der Waals surface area contributed by atoms with E-state index in [2.05, 4.69) is 55.3 Å². The molecule has 19 heavy (non-hydrogen) atoms. The highest BCUT2D eigenvalue weighted by molar-refractivity contribution is 7.15. The lowest BCUT2D eigenvalue weighted by molar-refractivity contribution is 0.647. The van der Waals surface area contributed by atoms with Crippen LogP contribution in [0.5, 0.6) is 0 Å². The lowest BCUT2D eigenvalue weighted by atomic mass is 10.0. The Kier molecular flexibility index (Phi) is 4.97. The average molecular weight is 274 g/mol. The van der Waals surface area contributed by atoms with E-state index in [1.807, 2.05) is 6.20 Å². The van der Waals surface area contributed by atoms with Crippen LogP contribution in [0.1, 0.15) is 29.9 Å². The summed E-state index contributed by atoms with van der Waals surface area (Å²) in [6.45, 7) is 7.54. The number of rotatable bonds is 6. The summed E-state index contributed by atoms with van der Waals surface area (Å²) in [5.74, 6) is 0.723. The van der Waals surface area contributed by atoms with Crippen molar-refractivity contribution in [3.05, 3.63) is 46.5 Å². The van der Waals surface area contributed by atoms with Gasteiger partial charge in [0.15, 0.2) is 5.13 Å². The Balaban J connectivity index is 1.79. The van der Waals surface area contributed by atoms with Crippen molar-refractivity contribution in [3.63, 3.8) is 0 Å². The molecule has 0 unspecified atom stereocenters. The molecule has 1 aromatic heterocycles. The van der Waals surface area contributed by atoms with Crippen molar-refractivity contribution >= 4 is 16.5 Å². The van der Waals surface area contributed by atoms with Gasteiger partial charge in [-0.15, -0.1) is 11.3 Å². The molecular formula is C16H22N2S. The molecule has 0 saturated carbocycles. The normalized spacial score (nSPS) is 10.9. The summed E-state index contributed by atoms with van der Waals surface area (Å²) >= 11 is 1.71. The first-order valence-corrected chi connectivity index (χ1v) is 7.69. The van der Waals surface area contributed by atoms with Gasteiger partial charge in [0.2, 0.25) is 0 Å². The Morgan fingerprint density at radius 1 is 1.16 bits per heavy atom. The predicted molar refractivity (Wildman–Crippen MR) is 84.0 cm³/mol. The first-order chi connectivity index (χ1) is 9.13. The topological polar surface area (TPSA) is 24.9 Å². The fraction of sp³-hybridized carbons (Fsp3) is 0.438. The van der Waals surface area contributed by atoms with Gasteiger partial charge in [-0.25, -0.2) is 4.98 Å². The van der Waals surface area contributed by atoms with Crippen molar-refractivity contribution in [1.29, 1.82) is 0 Å². The Morgan fingerprint density at radius 2 is 1.84 bits per heavy atom. The van der Waals surface area contributed by atoms with Crippen LogP contribution < -0.4 is 5.32 Å². The minimum absolute atomic E-state index is 0.723. The maximum Gasteiger partial charge on any atom is 0.182 e. The molecule has 2 rings (SSSR count). The van der Waals surface area contributed by atoms with E-state index < -0.39 is 0 Å². The molecule has 0 aliphatic heterocycles. The second-order valence-corrected chi connectivity index (χ2v) is 6.60. The van der Waals surface area contributed by atoms with Gasteiger partial charge in [-0.1, -0.05) is 38.1 Å². The quantitative estimate of drug-likeness (QED) is 0.849. The van der Waals surface area contributed by atoms with Crippen LogP contribution in [0.2, 0.25) is 0 Å². The molecule has 0 spiro atoms. The van der Waals surface area contributed by atoms with E-state index in [1.54, 1.807) is 11.3 Å². The number of aryl methyl sites for hydroxylation is 1. The van der Waals surface area contributed by atoms with Crippen LogP contribution in [-0.2, 0) is 12.8 Å². The third-order valence-corrected chi connectivity index (χ3v) is 3.85. The lowest BCUT2D eigenvalue weighted by Crippen LogP contribution is -2.04. The van der Waals surface area contributed by atoms with E-state index in [0.29, 0.717) is 0 Å². The minimum Gasteiger partial charge on any atom is -0.361 e. The standard InChI is InChI=1S/C16H22N2S/c1-12(2)10-15-6-4-14(5-7-15)8-9-17-16-18-11-13(3)19-16/h4-7,11-12H,8-10H2,1-3H3,(H,17,18). The van der Waals surface area contributed by atoms with Gasteiger partial charge in [0.25, 0.3) is 0 Å². The molecule has 1 N–H and O–H groups in total. The van der Waals surface area contributed by atoms with Crippen molar-refractivity contribution in [1.82, 2.24) is 4.98 Å². The summed E-state index contributed by atoms with van der Waals surface area (Å²) < 4.78 is 0. The summed E-state index contributed by atoms with van der Waals surface area (Å²) in [5.41, 5.74) is 2.82.